The number of carbonyl (C=O) groups excluding carboxylic acids is 1. The summed E-state index contributed by atoms with van der Waals surface area (Å²) in [6, 6.07) is 3.59. The van der Waals surface area contributed by atoms with E-state index < -0.39 is 5.60 Å². The first-order valence-electron chi connectivity index (χ1n) is 5.72. The van der Waals surface area contributed by atoms with Gasteiger partial charge in [-0.3, -0.25) is 0 Å². The Morgan fingerprint density at radius 2 is 2.41 bits per heavy atom. The lowest BCUT2D eigenvalue weighted by molar-refractivity contribution is 0.0566. The molecule has 0 aromatic carbocycles. The molecule has 0 aliphatic carbocycles. The van der Waals surface area contributed by atoms with Gasteiger partial charge < -0.3 is 19.7 Å². The highest BCUT2D eigenvalue weighted by Gasteiger charge is 2.32. The van der Waals surface area contributed by atoms with Gasteiger partial charge in [-0.25, -0.2) is 4.79 Å². The Morgan fingerprint density at radius 1 is 1.65 bits per heavy atom. The molecule has 1 atom stereocenters. The SMILES string of the molecule is COC(=O)c1ccc(CC2(O)CCNC2)n1C. The molecule has 1 aromatic rings. The number of carbonyl (C=O) groups is 1. The summed E-state index contributed by atoms with van der Waals surface area (Å²) >= 11 is 0. The molecule has 0 amide bonds. The van der Waals surface area contributed by atoms with Crippen LogP contribution in [0.5, 0.6) is 0 Å². The zero-order valence-electron chi connectivity index (χ0n) is 10.2. The number of rotatable bonds is 3. The predicted octanol–water partition coefficient (Wildman–Crippen LogP) is 0.0786. The number of esters is 1. The molecule has 0 radical (unpaired) electrons. The molecule has 5 heteroatoms. The lowest BCUT2D eigenvalue weighted by atomic mass is 9.97. The summed E-state index contributed by atoms with van der Waals surface area (Å²) in [5.74, 6) is -0.352. The highest BCUT2D eigenvalue weighted by molar-refractivity contribution is 5.87. The Labute approximate surface area is 100 Å². The Kier molecular flexibility index (Phi) is 3.22. The monoisotopic (exact) mass is 238 g/mol. The van der Waals surface area contributed by atoms with Crippen LogP contribution in [0.25, 0.3) is 0 Å². The lowest BCUT2D eigenvalue weighted by Crippen LogP contribution is -2.34. The van der Waals surface area contributed by atoms with E-state index in [1.165, 1.54) is 7.11 Å². The zero-order chi connectivity index (χ0) is 12.5. The van der Waals surface area contributed by atoms with Gasteiger partial charge in [0.15, 0.2) is 0 Å². The third kappa shape index (κ3) is 2.35. The van der Waals surface area contributed by atoms with Crippen molar-refractivity contribution in [2.24, 2.45) is 7.05 Å². The highest BCUT2D eigenvalue weighted by Crippen LogP contribution is 2.21. The molecule has 1 aliphatic heterocycles. The van der Waals surface area contributed by atoms with Gasteiger partial charge in [-0.15, -0.1) is 0 Å². The third-order valence-corrected chi connectivity index (χ3v) is 3.35. The van der Waals surface area contributed by atoms with Gasteiger partial charge in [0, 0.05) is 25.7 Å². The van der Waals surface area contributed by atoms with Crippen LogP contribution < -0.4 is 5.32 Å². The number of nitrogens with zero attached hydrogens (tertiary/aromatic N) is 1. The quantitative estimate of drug-likeness (QED) is 0.732. The maximum Gasteiger partial charge on any atom is 0.354 e. The first kappa shape index (κ1) is 12.1. The fraction of sp³-hybridized carbons (Fsp3) is 0.583. The van der Waals surface area contributed by atoms with E-state index in [1.54, 1.807) is 10.6 Å². The summed E-state index contributed by atoms with van der Waals surface area (Å²) in [6.07, 6.45) is 1.29. The molecule has 2 rings (SSSR count). The number of ether oxygens (including phenoxy) is 1. The fourth-order valence-corrected chi connectivity index (χ4v) is 2.26. The van der Waals surface area contributed by atoms with Crippen molar-refractivity contribution in [1.29, 1.82) is 0 Å². The summed E-state index contributed by atoms with van der Waals surface area (Å²) in [6.45, 7) is 1.44. The average molecular weight is 238 g/mol. The second-order valence-corrected chi connectivity index (χ2v) is 4.59. The van der Waals surface area contributed by atoms with Crippen molar-refractivity contribution in [3.63, 3.8) is 0 Å². The topological polar surface area (TPSA) is 63.5 Å². The minimum atomic E-state index is -0.695. The van der Waals surface area contributed by atoms with Gasteiger partial charge in [-0.2, -0.15) is 0 Å². The molecular formula is C12H18N2O3. The van der Waals surface area contributed by atoms with Crippen molar-refractivity contribution in [2.45, 2.75) is 18.4 Å². The number of hydrogen-bond donors (Lipinski definition) is 2. The van der Waals surface area contributed by atoms with E-state index in [2.05, 4.69) is 5.32 Å². The van der Waals surface area contributed by atoms with Crippen LogP contribution >= 0.6 is 0 Å². The van der Waals surface area contributed by atoms with Crippen LogP contribution in [-0.4, -0.2) is 41.4 Å². The minimum absolute atomic E-state index is 0.352. The Morgan fingerprint density at radius 3 is 3.00 bits per heavy atom. The van der Waals surface area contributed by atoms with Gasteiger partial charge in [-0.1, -0.05) is 0 Å². The Hall–Kier alpha value is -1.33. The number of hydrogen-bond acceptors (Lipinski definition) is 4. The van der Waals surface area contributed by atoms with Crippen molar-refractivity contribution in [1.82, 2.24) is 9.88 Å². The summed E-state index contributed by atoms with van der Waals surface area (Å²) in [7, 11) is 3.18. The zero-order valence-corrected chi connectivity index (χ0v) is 10.2. The first-order chi connectivity index (χ1) is 8.06. The molecule has 1 aromatic heterocycles. The second kappa shape index (κ2) is 4.50. The molecule has 17 heavy (non-hydrogen) atoms. The van der Waals surface area contributed by atoms with E-state index in [-0.39, 0.29) is 5.97 Å². The van der Waals surface area contributed by atoms with E-state index in [4.69, 9.17) is 4.74 Å². The molecule has 0 bridgehead atoms. The van der Waals surface area contributed by atoms with Crippen molar-refractivity contribution < 1.29 is 14.6 Å². The first-order valence-corrected chi connectivity index (χ1v) is 5.72. The van der Waals surface area contributed by atoms with Crippen LogP contribution in [0.1, 0.15) is 22.6 Å². The van der Waals surface area contributed by atoms with E-state index >= 15 is 0 Å². The third-order valence-electron chi connectivity index (χ3n) is 3.35. The average Bonchev–Trinajstić information content (AvgIpc) is 2.87. The van der Waals surface area contributed by atoms with Gasteiger partial charge in [0.25, 0.3) is 0 Å². The number of aromatic nitrogens is 1. The maximum absolute atomic E-state index is 11.4. The molecule has 2 heterocycles. The van der Waals surface area contributed by atoms with Crippen molar-refractivity contribution in [3.8, 4) is 0 Å². The Balaban J connectivity index is 2.17. The van der Waals surface area contributed by atoms with Crippen LogP contribution in [0.4, 0.5) is 0 Å². The van der Waals surface area contributed by atoms with Crippen LogP contribution in [0, 0.1) is 0 Å². The summed E-state index contributed by atoms with van der Waals surface area (Å²) < 4.78 is 6.47. The largest absolute Gasteiger partial charge is 0.464 e. The highest BCUT2D eigenvalue weighted by atomic mass is 16.5. The molecule has 1 fully saturated rings. The van der Waals surface area contributed by atoms with Crippen LogP contribution in [0.2, 0.25) is 0 Å². The molecule has 1 aliphatic rings. The molecule has 1 saturated heterocycles. The second-order valence-electron chi connectivity index (χ2n) is 4.59. The van der Waals surface area contributed by atoms with Gasteiger partial charge in [0.1, 0.15) is 5.69 Å². The smallest absolute Gasteiger partial charge is 0.354 e. The van der Waals surface area contributed by atoms with Crippen molar-refractivity contribution in [2.75, 3.05) is 20.2 Å². The van der Waals surface area contributed by atoms with Crippen LogP contribution in [-0.2, 0) is 18.2 Å². The van der Waals surface area contributed by atoms with Gasteiger partial charge >= 0.3 is 5.97 Å². The fourth-order valence-electron chi connectivity index (χ4n) is 2.26. The normalized spacial score (nSPS) is 23.9. The maximum atomic E-state index is 11.4. The Bertz CT molecular complexity index is 419. The van der Waals surface area contributed by atoms with E-state index in [0.717, 1.165) is 18.7 Å². The van der Waals surface area contributed by atoms with Crippen molar-refractivity contribution in [3.05, 3.63) is 23.5 Å². The summed E-state index contributed by atoms with van der Waals surface area (Å²) in [4.78, 5) is 11.4. The number of aliphatic hydroxyl groups is 1. The lowest BCUT2D eigenvalue weighted by Gasteiger charge is -2.21. The predicted molar refractivity (Wildman–Crippen MR) is 62.9 cm³/mol. The minimum Gasteiger partial charge on any atom is -0.464 e. The van der Waals surface area contributed by atoms with Gasteiger partial charge in [0.05, 0.1) is 12.7 Å². The molecule has 0 saturated carbocycles. The van der Waals surface area contributed by atoms with E-state index in [0.29, 0.717) is 18.7 Å². The molecule has 5 nitrogen and oxygen atoms in total. The van der Waals surface area contributed by atoms with Crippen LogP contribution in [0.15, 0.2) is 12.1 Å². The summed E-state index contributed by atoms with van der Waals surface area (Å²) in [5.41, 5.74) is 0.758. The van der Waals surface area contributed by atoms with Gasteiger partial charge in [-0.05, 0) is 25.1 Å². The van der Waals surface area contributed by atoms with E-state index in [1.807, 2.05) is 13.1 Å². The van der Waals surface area contributed by atoms with Crippen LogP contribution in [0.3, 0.4) is 0 Å². The molecule has 2 N–H and O–H groups in total. The molecule has 0 spiro atoms. The number of nitrogens with one attached hydrogen (secondary N) is 1. The standard InChI is InChI=1S/C12H18N2O3/c1-14-9(3-4-10(14)11(15)17-2)7-12(16)5-6-13-8-12/h3-4,13,16H,5-8H2,1-2H3. The molecule has 1 unspecified atom stereocenters. The molecule has 94 valence electrons. The van der Waals surface area contributed by atoms with Gasteiger partial charge in [0.2, 0.25) is 0 Å². The molecular weight excluding hydrogens is 220 g/mol. The summed E-state index contributed by atoms with van der Waals surface area (Å²) in [5, 5.41) is 13.4. The van der Waals surface area contributed by atoms with Crippen molar-refractivity contribution >= 4 is 5.97 Å². The number of methoxy groups -OCH3 is 1. The number of β-amino-alcohol motifs (C(OH)–C–C–N with tert-alkyl or cyclic N) is 1. The van der Waals surface area contributed by atoms with E-state index in [9.17, 15) is 9.90 Å².